The van der Waals surface area contributed by atoms with Gasteiger partial charge >= 0.3 is 0 Å². The molecule has 0 radical (unpaired) electrons. The van der Waals surface area contributed by atoms with Gasteiger partial charge < -0.3 is 5.73 Å². The molecule has 1 aromatic rings. The molecule has 2 N–H and O–H groups in total. The molecule has 1 nitrogen and oxygen atoms in total. The maximum absolute atomic E-state index is 6.13. The average molecular weight is 276 g/mol. The van der Waals surface area contributed by atoms with Crippen LogP contribution in [0.3, 0.4) is 0 Å². The Labute approximate surface area is 98.8 Å². The largest absolute Gasteiger partial charge is 0.323 e. The van der Waals surface area contributed by atoms with Crippen LogP contribution in [0.5, 0.6) is 0 Å². The first-order valence-corrected chi connectivity index (χ1v) is 6.56. The van der Waals surface area contributed by atoms with E-state index in [1.165, 1.54) is 11.3 Å². The molecule has 0 bridgehead atoms. The lowest BCUT2D eigenvalue weighted by Crippen LogP contribution is -2.13. The standard InChI is InChI=1S/C11H18BrNS/c1-11(2,3)6-4-9(13)10-8(12)5-7-14-10/h5,7,9H,4,6,13H2,1-3H3. The van der Waals surface area contributed by atoms with Gasteiger partial charge in [-0.3, -0.25) is 0 Å². The lowest BCUT2D eigenvalue weighted by atomic mass is 9.88. The molecule has 0 fully saturated rings. The minimum atomic E-state index is 0.184. The van der Waals surface area contributed by atoms with E-state index in [4.69, 9.17) is 5.73 Å². The van der Waals surface area contributed by atoms with Crippen molar-refractivity contribution in [3.05, 3.63) is 20.8 Å². The summed E-state index contributed by atoms with van der Waals surface area (Å²) in [5.74, 6) is 0. The van der Waals surface area contributed by atoms with Gasteiger partial charge in [0.25, 0.3) is 0 Å². The lowest BCUT2D eigenvalue weighted by molar-refractivity contribution is 0.350. The highest BCUT2D eigenvalue weighted by molar-refractivity contribution is 9.10. The Hall–Kier alpha value is 0.140. The summed E-state index contributed by atoms with van der Waals surface area (Å²) >= 11 is 5.25. The lowest BCUT2D eigenvalue weighted by Gasteiger charge is -2.20. The van der Waals surface area contributed by atoms with Crippen LogP contribution in [-0.4, -0.2) is 0 Å². The number of thiophene rings is 1. The Kier molecular flexibility index (Phi) is 4.16. The summed E-state index contributed by atoms with van der Waals surface area (Å²) < 4.78 is 1.16. The third kappa shape index (κ3) is 3.71. The number of hydrogen-bond acceptors (Lipinski definition) is 2. The van der Waals surface area contributed by atoms with Crippen molar-refractivity contribution in [2.24, 2.45) is 11.1 Å². The van der Waals surface area contributed by atoms with E-state index in [1.807, 2.05) is 0 Å². The molecule has 1 aromatic heterocycles. The quantitative estimate of drug-likeness (QED) is 0.873. The number of hydrogen-bond donors (Lipinski definition) is 1. The zero-order valence-electron chi connectivity index (χ0n) is 9.01. The van der Waals surface area contributed by atoms with E-state index in [2.05, 4.69) is 48.1 Å². The van der Waals surface area contributed by atoms with Crippen LogP contribution in [0.1, 0.15) is 44.5 Å². The summed E-state index contributed by atoms with van der Waals surface area (Å²) in [6, 6.07) is 2.25. The van der Waals surface area contributed by atoms with Crippen LogP contribution < -0.4 is 5.73 Å². The fourth-order valence-corrected chi connectivity index (χ4v) is 3.00. The van der Waals surface area contributed by atoms with Gasteiger partial charge in [0, 0.05) is 15.4 Å². The third-order valence-electron chi connectivity index (χ3n) is 2.19. The normalized spacial score (nSPS) is 14.4. The molecule has 0 saturated heterocycles. The Morgan fingerprint density at radius 3 is 2.57 bits per heavy atom. The van der Waals surface area contributed by atoms with Gasteiger partial charge in [-0.05, 0) is 45.6 Å². The minimum absolute atomic E-state index is 0.184. The van der Waals surface area contributed by atoms with Gasteiger partial charge in [0.15, 0.2) is 0 Å². The van der Waals surface area contributed by atoms with Crippen molar-refractivity contribution in [3.8, 4) is 0 Å². The van der Waals surface area contributed by atoms with Crippen LogP contribution in [0.25, 0.3) is 0 Å². The van der Waals surface area contributed by atoms with Crippen LogP contribution in [0.4, 0.5) is 0 Å². The number of halogens is 1. The Bertz CT molecular complexity index is 288. The monoisotopic (exact) mass is 275 g/mol. The zero-order chi connectivity index (χ0) is 10.8. The third-order valence-corrected chi connectivity index (χ3v) is 4.19. The molecule has 0 aliphatic heterocycles. The van der Waals surface area contributed by atoms with Gasteiger partial charge in [-0.15, -0.1) is 11.3 Å². The first-order chi connectivity index (χ1) is 6.40. The highest BCUT2D eigenvalue weighted by Crippen LogP contribution is 2.32. The molecular formula is C11H18BrNS. The van der Waals surface area contributed by atoms with Crippen molar-refractivity contribution in [2.75, 3.05) is 0 Å². The Morgan fingerprint density at radius 2 is 2.14 bits per heavy atom. The summed E-state index contributed by atoms with van der Waals surface area (Å²) in [7, 11) is 0. The minimum Gasteiger partial charge on any atom is -0.323 e. The predicted octanol–water partition coefficient (Wildman–Crippen LogP) is 4.34. The van der Waals surface area contributed by atoms with E-state index in [9.17, 15) is 0 Å². The summed E-state index contributed by atoms with van der Waals surface area (Å²) in [5.41, 5.74) is 6.50. The van der Waals surface area contributed by atoms with E-state index in [-0.39, 0.29) is 6.04 Å². The van der Waals surface area contributed by atoms with E-state index in [1.54, 1.807) is 11.3 Å². The van der Waals surface area contributed by atoms with Gasteiger partial charge in [0.2, 0.25) is 0 Å². The average Bonchev–Trinajstić information content (AvgIpc) is 2.46. The fourth-order valence-electron chi connectivity index (χ4n) is 1.29. The molecular weight excluding hydrogens is 258 g/mol. The molecule has 1 unspecified atom stereocenters. The second kappa shape index (κ2) is 4.77. The fraction of sp³-hybridized carbons (Fsp3) is 0.636. The predicted molar refractivity (Wildman–Crippen MR) is 67.6 cm³/mol. The van der Waals surface area contributed by atoms with Crippen molar-refractivity contribution < 1.29 is 0 Å². The highest BCUT2D eigenvalue weighted by Gasteiger charge is 2.16. The molecule has 0 spiro atoms. The molecule has 0 amide bonds. The van der Waals surface area contributed by atoms with Gasteiger partial charge in [-0.2, -0.15) is 0 Å². The molecule has 14 heavy (non-hydrogen) atoms. The van der Waals surface area contributed by atoms with E-state index in [0.717, 1.165) is 10.9 Å². The van der Waals surface area contributed by atoms with Crippen LogP contribution in [0, 0.1) is 5.41 Å². The molecule has 1 atom stereocenters. The molecule has 3 heteroatoms. The Balaban J connectivity index is 2.51. The maximum Gasteiger partial charge on any atom is 0.0401 e. The molecule has 1 heterocycles. The maximum atomic E-state index is 6.13. The van der Waals surface area contributed by atoms with Gasteiger partial charge in [0.05, 0.1) is 0 Å². The molecule has 80 valence electrons. The second-order valence-corrected chi connectivity index (χ2v) is 6.64. The van der Waals surface area contributed by atoms with Gasteiger partial charge in [0.1, 0.15) is 0 Å². The van der Waals surface area contributed by atoms with Crippen molar-refractivity contribution in [1.82, 2.24) is 0 Å². The van der Waals surface area contributed by atoms with Gasteiger partial charge in [-0.25, -0.2) is 0 Å². The van der Waals surface area contributed by atoms with Crippen LogP contribution in [0.2, 0.25) is 0 Å². The second-order valence-electron chi connectivity index (χ2n) is 4.84. The SMILES string of the molecule is CC(C)(C)CCC(N)c1sccc1Br. The topological polar surface area (TPSA) is 26.0 Å². The smallest absolute Gasteiger partial charge is 0.0401 e. The molecule has 0 aromatic carbocycles. The first kappa shape index (κ1) is 12.2. The molecule has 0 saturated carbocycles. The van der Waals surface area contributed by atoms with Crippen molar-refractivity contribution in [1.29, 1.82) is 0 Å². The van der Waals surface area contributed by atoms with Crippen molar-refractivity contribution >= 4 is 27.3 Å². The van der Waals surface area contributed by atoms with E-state index >= 15 is 0 Å². The van der Waals surface area contributed by atoms with Crippen molar-refractivity contribution in [2.45, 2.75) is 39.7 Å². The zero-order valence-corrected chi connectivity index (χ0v) is 11.4. The van der Waals surface area contributed by atoms with Crippen LogP contribution >= 0.6 is 27.3 Å². The summed E-state index contributed by atoms with van der Waals surface area (Å²) in [6.45, 7) is 6.76. The van der Waals surface area contributed by atoms with Crippen molar-refractivity contribution in [3.63, 3.8) is 0 Å². The Morgan fingerprint density at radius 1 is 1.50 bits per heavy atom. The molecule has 0 aliphatic rings. The van der Waals surface area contributed by atoms with Crippen LogP contribution in [-0.2, 0) is 0 Å². The number of rotatable bonds is 3. The first-order valence-electron chi connectivity index (χ1n) is 4.88. The van der Waals surface area contributed by atoms with Crippen LogP contribution in [0.15, 0.2) is 15.9 Å². The summed E-state index contributed by atoms with van der Waals surface area (Å²) in [5, 5.41) is 2.08. The van der Waals surface area contributed by atoms with E-state index < -0.39 is 0 Å². The number of nitrogens with two attached hydrogens (primary N) is 1. The van der Waals surface area contributed by atoms with Gasteiger partial charge in [-0.1, -0.05) is 20.8 Å². The summed E-state index contributed by atoms with van der Waals surface area (Å²) in [4.78, 5) is 1.27. The summed E-state index contributed by atoms with van der Waals surface area (Å²) in [6.07, 6.45) is 2.22. The molecule has 0 aliphatic carbocycles. The van der Waals surface area contributed by atoms with E-state index in [0.29, 0.717) is 5.41 Å². The highest BCUT2D eigenvalue weighted by atomic mass is 79.9. The molecule has 1 rings (SSSR count).